The Bertz CT molecular complexity index is 297. The molecule has 6 heteroatoms. The van der Waals surface area contributed by atoms with E-state index in [1.54, 1.807) is 4.57 Å². The first-order valence-electron chi connectivity index (χ1n) is 8.38. The monoisotopic (exact) mass is 317 g/mol. The van der Waals surface area contributed by atoms with E-state index in [2.05, 4.69) is 6.92 Å². The summed E-state index contributed by atoms with van der Waals surface area (Å²) < 4.78 is 19.4. The van der Waals surface area contributed by atoms with Gasteiger partial charge in [-0.15, -0.1) is 0 Å². The van der Waals surface area contributed by atoms with Crippen LogP contribution in [0.5, 0.6) is 0 Å². The minimum Gasteiger partial charge on any atom is -0.357 e. The highest BCUT2D eigenvalue weighted by Crippen LogP contribution is 2.28. The number of nitrogens with zero attached hydrogens (tertiary/aromatic N) is 1. The molecule has 0 aromatic heterocycles. The molecule has 5 nitrogen and oxygen atoms in total. The summed E-state index contributed by atoms with van der Waals surface area (Å²) in [6.07, 6.45) is 5.15. The van der Waals surface area contributed by atoms with Gasteiger partial charge in [-0.25, -0.2) is 0 Å². The third kappa shape index (κ3) is 4.77. The molecule has 1 amide bonds. The zero-order chi connectivity index (χ0) is 15.7. The van der Waals surface area contributed by atoms with Crippen LogP contribution in [-0.2, 0) is 18.1 Å². The van der Waals surface area contributed by atoms with Crippen LogP contribution in [0.25, 0.3) is 0 Å². The van der Waals surface area contributed by atoms with Crippen LogP contribution in [0.4, 0.5) is 0 Å². The molecule has 1 rings (SSSR count). The highest BCUT2D eigenvalue weighted by atomic mass is 28.4. The lowest BCUT2D eigenvalue weighted by atomic mass is 9.93. The van der Waals surface area contributed by atoms with Gasteiger partial charge in [0.05, 0.1) is 0 Å². The average Bonchev–Trinajstić information content (AvgIpc) is 2.47. The summed E-state index contributed by atoms with van der Waals surface area (Å²) in [6, 6.07) is 0. The first kappa shape index (κ1) is 18.6. The summed E-state index contributed by atoms with van der Waals surface area (Å²) in [6.45, 7) is 10.1. The van der Waals surface area contributed by atoms with E-state index in [0.29, 0.717) is 26.4 Å². The number of hydrogen-bond donors (Lipinski definition) is 0. The number of amides is 1. The van der Waals surface area contributed by atoms with Crippen LogP contribution >= 0.6 is 0 Å². The van der Waals surface area contributed by atoms with Gasteiger partial charge in [0, 0.05) is 32.3 Å². The van der Waals surface area contributed by atoms with Gasteiger partial charge < -0.3 is 17.8 Å². The number of carbonyl (C=O) groups excluding carboxylic acids is 1. The van der Waals surface area contributed by atoms with Gasteiger partial charge in [-0.05, 0) is 40.0 Å². The predicted molar refractivity (Wildman–Crippen MR) is 84.6 cm³/mol. The molecular formula is C15H31NO4Si. The molecule has 0 spiro atoms. The van der Waals surface area contributed by atoms with Crippen molar-refractivity contribution in [2.24, 2.45) is 5.92 Å². The summed E-state index contributed by atoms with van der Waals surface area (Å²) in [7, 11) is -3.05. The minimum absolute atomic E-state index is 0.104. The maximum atomic E-state index is 12.8. The number of rotatable bonds is 10. The van der Waals surface area contributed by atoms with Crippen LogP contribution in [0.1, 0.15) is 59.8 Å². The molecule has 124 valence electrons. The second kappa shape index (κ2) is 9.56. The number of unbranched alkanes of at least 4 members (excludes halogenated alkanes) is 1. The first-order valence-corrected chi connectivity index (χ1v) is 10.1. The van der Waals surface area contributed by atoms with Gasteiger partial charge in [-0.2, -0.15) is 0 Å². The largest absolute Gasteiger partial charge is 0.635 e. The fourth-order valence-electron chi connectivity index (χ4n) is 2.85. The van der Waals surface area contributed by atoms with E-state index in [4.69, 9.17) is 13.3 Å². The van der Waals surface area contributed by atoms with E-state index < -0.39 is 8.97 Å². The smallest absolute Gasteiger partial charge is 0.357 e. The molecule has 1 unspecified atom stereocenters. The fourth-order valence-corrected chi connectivity index (χ4v) is 5.54. The van der Waals surface area contributed by atoms with Crippen molar-refractivity contribution in [1.82, 2.24) is 4.57 Å². The van der Waals surface area contributed by atoms with Crippen molar-refractivity contribution in [1.29, 1.82) is 0 Å². The minimum atomic E-state index is -3.05. The van der Waals surface area contributed by atoms with Gasteiger partial charge in [-0.3, -0.25) is 4.79 Å². The van der Waals surface area contributed by atoms with Crippen LogP contribution in [0.2, 0.25) is 0 Å². The van der Waals surface area contributed by atoms with Crippen molar-refractivity contribution in [3.8, 4) is 0 Å². The molecule has 0 N–H and O–H groups in total. The fraction of sp³-hybridized carbons (Fsp3) is 0.933. The Kier molecular flexibility index (Phi) is 8.47. The molecule has 0 aromatic rings. The van der Waals surface area contributed by atoms with E-state index in [1.807, 2.05) is 20.8 Å². The summed E-state index contributed by atoms with van der Waals surface area (Å²) in [4.78, 5) is 12.8. The Morgan fingerprint density at radius 1 is 1.10 bits per heavy atom. The Balaban J connectivity index is 2.90. The molecule has 0 bridgehead atoms. The van der Waals surface area contributed by atoms with Crippen molar-refractivity contribution in [3.05, 3.63) is 0 Å². The molecule has 0 aromatic carbocycles. The molecule has 1 aliphatic heterocycles. The molecule has 1 aliphatic rings. The molecule has 21 heavy (non-hydrogen) atoms. The zero-order valence-corrected chi connectivity index (χ0v) is 15.0. The molecule has 0 saturated carbocycles. The zero-order valence-electron chi connectivity index (χ0n) is 14.0. The maximum absolute atomic E-state index is 12.8. The molecule has 1 saturated heterocycles. The lowest BCUT2D eigenvalue weighted by Crippen LogP contribution is -2.65. The quantitative estimate of drug-likeness (QED) is 0.581. The maximum Gasteiger partial charge on any atom is 0.635 e. The Morgan fingerprint density at radius 3 is 2.14 bits per heavy atom. The first-order chi connectivity index (χ1) is 10.1. The van der Waals surface area contributed by atoms with Gasteiger partial charge in [-0.1, -0.05) is 19.8 Å². The summed E-state index contributed by atoms with van der Waals surface area (Å²) in [5.74, 6) is 0.267. The molecule has 0 radical (unpaired) electrons. The third-order valence-electron chi connectivity index (χ3n) is 3.77. The van der Waals surface area contributed by atoms with Crippen molar-refractivity contribution >= 4 is 14.9 Å². The lowest BCUT2D eigenvalue weighted by molar-refractivity contribution is -0.139. The second-order valence-corrected chi connectivity index (χ2v) is 7.75. The lowest BCUT2D eigenvalue weighted by Gasteiger charge is -2.41. The second-order valence-electron chi connectivity index (χ2n) is 5.29. The summed E-state index contributed by atoms with van der Waals surface area (Å²) >= 11 is 0. The van der Waals surface area contributed by atoms with Crippen molar-refractivity contribution in [3.63, 3.8) is 0 Å². The van der Waals surface area contributed by atoms with Crippen LogP contribution in [-0.4, -0.2) is 45.8 Å². The molecular weight excluding hydrogens is 286 g/mol. The summed E-state index contributed by atoms with van der Waals surface area (Å²) in [5, 5.41) is 0. The van der Waals surface area contributed by atoms with E-state index >= 15 is 0 Å². The van der Waals surface area contributed by atoms with Gasteiger partial charge in [0.15, 0.2) is 0 Å². The van der Waals surface area contributed by atoms with Gasteiger partial charge in [0.1, 0.15) is 0 Å². The van der Waals surface area contributed by atoms with Gasteiger partial charge in [0.25, 0.3) is 0 Å². The van der Waals surface area contributed by atoms with E-state index in [1.165, 1.54) is 0 Å². The Hall–Kier alpha value is -0.433. The topological polar surface area (TPSA) is 48.0 Å². The molecule has 1 fully saturated rings. The standard InChI is InChI=1S/C15H31NO4Si/c1-5-9-11-14-12-10-13-16(15(14)17)21(18-6-2,19-7-3)20-8-4/h14H,5-13H2,1-4H3. The van der Waals surface area contributed by atoms with Gasteiger partial charge >= 0.3 is 8.97 Å². The Labute approximate surface area is 130 Å². The molecule has 1 atom stereocenters. The number of carbonyl (C=O) groups is 1. The van der Waals surface area contributed by atoms with Crippen molar-refractivity contribution in [2.45, 2.75) is 59.8 Å². The molecule has 0 aliphatic carbocycles. The normalized spacial score (nSPS) is 20.1. The van der Waals surface area contributed by atoms with Crippen LogP contribution in [0.3, 0.4) is 0 Å². The number of piperidine rings is 1. The van der Waals surface area contributed by atoms with Gasteiger partial charge in [0.2, 0.25) is 5.91 Å². The van der Waals surface area contributed by atoms with Crippen molar-refractivity contribution in [2.75, 3.05) is 26.4 Å². The summed E-state index contributed by atoms with van der Waals surface area (Å²) in [5.41, 5.74) is 0. The number of hydrogen-bond acceptors (Lipinski definition) is 4. The Morgan fingerprint density at radius 2 is 1.67 bits per heavy atom. The highest BCUT2D eigenvalue weighted by Gasteiger charge is 2.53. The van der Waals surface area contributed by atoms with Crippen molar-refractivity contribution < 1.29 is 18.1 Å². The third-order valence-corrected chi connectivity index (χ3v) is 6.83. The van der Waals surface area contributed by atoms with Crippen LogP contribution in [0, 0.1) is 5.92 Å². The highest BCUT2D eigenvalue weighted by molar-refractivity contribution is 6.60. The SMILES string of the molecule is CCCCC1CCCN([Si](OCC)(OCC)OCC)C1=O. The van der Waals surface area contributed by atoms with E-state index in [-0.39, 0.29) is 11.8 Å². The van der Waals surface area contributed by atoms with Crippen LogP contribution < -0.4 is 0 Å². The van der Waals surface area contributed by atoms with E-state index in [9.17, 15) is 4.79 Å². The predicted octanol–water partition coefficient (Wildman–Crippen LogP) is 2.96. The average molecular weight is 318 g/mol. The molecule has 1 heterocycles. The van der Waals surface area contributed by atoms with Crippen LogP contribution in [0.15, 0.2) is 0 Å². The van der Waals surface area contributed by atoms with E-state index in [0.717, 1.165) is 32.1 Å².